The Kier molecular flexibility index (Phi) is 3.56. The average Bonchev–Trinajstić information content (AvgIpc) is 2.81. The predicted molar refractivity (Wildman–Crippen MR) is 71.7 cm³/mol. The summed E-state index contributed by atoms with van der Waals surface area (Å²) in [7, 11) is 0. The molecule has 1 aromatic heterocycles. The van der Waals surface area contributed by atoms with Gasteiger partial charge in [-0.2, -0.15) is 0 Å². The van der Waals surface area contributed by atoms with Crippen LogP contribution in [0.1, 0.15) is 32.2 Å². The molecule has 1 aliphatic rings. The number of H-pyrrole nitrogens is 1. The molecule has 20 heavy (non-hydrogen) atoms. The lowest BCUT2D eigenvalue weighted by atomic mass is 9.85. The molecule has 7 heteroatoms. The minimum atomic E-state index is -1.03. The highest BCUT2D eigenvalue weighted by atomic mass is 16.4. The van der Waals surface area contributed by atoms with E-state index in [1.807, 2.05) is 20.8 Å². The van der Waals surface area contributed by atoms with E-state index < -0.39 is 23.5 Å². The van der Waals surface area contributed by atoms with Crippen molar-refractivity contribution in [2.24, 2.45) is 11.1 Å². The topological polar surface area (TPSA) is 112 Å². The van der Waals surface area contributed by atoms with Crippen molar-refractivity contribution in [2.45, 2.75) is 45.8 Å². The summed E-state index contributed by atoms with van der Waals surface area (Å²) in [5, 5.41) is 9.33. The summed E-state index contributed by atoms with van der Waals surface area (Å²) in [5.74, 6) is -1.38. The molecule has 110 valence electrons. The first-order chi connectivity index (χ1) is 9.21. The van der Waals surface area contributed by atoms with Gasteiger partial charge in [-0.3, -0.25) is 4.79 Å². The van der Waals surface area contributed by atoms with Crippen LogP contribution in [0.4, 0.5) is 0 Å². The number of carboxylic acid groups (broad SMARTS) is 1. The zero-order valence-electron chi connectivity index (χ0n) is 11.9. The van der Waals surface area contributed by atoms with Crippen LogP contribution in [0, 0.1) is 5.41 Å². The van der Waals surface area contributed by atoms with Crippen LogP contribution in [-0.4, -0.2) is 43.9 Å². The summed E-state index contributed by atoms with van der Waals surface area (Å²) in [6, 6.07) is -1.65. The van der Waals surface area contributed by atoms with Gasteiger partial charge in [0.25, 0.3) is 0 Å². The van der Waals surface area contributed by atoms with Crippen molar-refractivity contribution >= 4 is 11.9 Å². The number of rotatable bonds is 2. The number of hydrogen-bond acceptors (Lipinski definition) is 4. The number of aromatic amines is 1. The van der Waals surface area contributed by atoms with Crippen LogP contribution >= 0.6 is 0 Å². The van der Waals surface area contributed by atoms with Crippen molar-refractivity contribution in [3.05, 3.63) is 17.7 Å². The molecule has 0 saturated carbocycles. The minimum absolute atomic E-state index is 0.203. The Labute approximate surface area is 117 Å². The fourth-order valence-corrected chi connectivity index (χ4v) is 2.24. The fraction of sp³-hybridized carbons (Fsp3) is 0.615. The van der Waals surface area contributed by atoms with Gasteiger partial charge in [0.15, 0.2) is 0 Å². The third-order valence-electron chi connectivity index (χ3n) is 3.67. The first-order valence-corrected chi connectivity index (χ1v) is 6.52. The summed E-state index contributed by atoms with van der Waals surface area (Å²) < 4.78 is 0. The van der Waals surface area contributed by atoms with Gasteiger partial charge in [-0.15, -0.1) is 0 Å². The van der Waals surface area contributed by atoms with E-state index >= 15 is 0 Å². The molecule has 0 radical (unpaired) electrons. The first-order valence-electron chi connectivity index (χ1n) is 6.52. The molecule has 0 saturated heterocycles. The van der Waals surface area contributed by atoms with Crippen molar-refractivity contribution in [1.29, 1.82) is 0 Å². The number of imidazole rings is 1. The maximum Gasteiger partial charge on any atom is 0.326 e. The molecule has 1 aliphatic heterocycles. The molecule has 2 unspecified atom stereocenters. The lowest BCUT2D eigenvalue weighted by Crippen LogP contribution is -2.57. The van der Waals surface area contributed by atoms with Crippen LogP contribution in [0.5, 0.6) is 0 Å². The standard InChI is InChI=1S/C13H20N4O3/c1-13(2,3)10(14)11(18)17-5-8-7(15-6-16-8)4-9(17)12(19)20/h6,9-10H,4-5,14H2,1-3H3,(H,15,16)(H,19,20). The van der Waals surface area contributed by atoms with Crippen molar-refractivity contribution in [3.8, 4) is 0 Å². The van der Waals surface area contributed by atoms with Gasteiger partial charge in [-0.05, 0) is 5.41 Å². The van der Waals surface area contributed by atoms with Crippen LogP contribution in [0.25, 0.3) is 0 Å². The van der Waals surface area contributed by atoms with Crippen LogP contribution in [-0.2, 0) is 22.6 Å². The molecule has 4 N–H and O–H groups in total. The van der Waals surface area contributed by atoms with Crippen molar-refractivity contribution in [2.75, 3.05) is 0 Å². The maximum atomic E-state index is 12.5. The van der Waals surface area contributed by atoms with Crippen molar-refractivity contribution in [1.82, 2.24) is 14.9 Å². The second kappa shape index (κ2) is 4.90. The third kappa shape index (κ3) is 2.53. The number of nitrogens with two attached hydrogens (primary N) is 1. The van der Waals surface area contributed by atoms with Crippen molar-refractivity contribution < 1.29 is 14.7 Å². The summed E-state index contributed by atoms with van der Waals surface area (Å²) in [4.78, 5) is 32.3. The van der Waals surface area contributed by atoms with E-state index in [4.69, 9.17) is 5.73 Å². The molecule has 2 rings (SSSR count). The molecule has 7 nitrogen and oxygen atoms in total. The van der Waals surface area contributed by atoms with E-state index in [0.29, 0.717) is 5.69 Å². The highest BCUT2D eigenvalue weighted by Crippen LogP contribution is 2.25. The number of aromatic nitrogens is 2. The SMILES string of the molecule is CC(C)(C)C(N)C(=O)N1Cc2[nH]cnc2CC1C(=O)O. The molecule has 0 aromatic carbocycles. The number of carbonyl (C=O) groups is 2. The molecule has 2 atom stereocenters. The number of nitrogens with one attached hydrogen (secondary N) is 1. The van der Waals surface area contributed by atoms with Gasteiger partial charge in [0.1, 0.15) is 6.04 Å². The molecule has 1 aromatic rings. The van der Waals surface area contributed by atoms with Gasteiger partial charge in [0.2, 0.25) is 5.91 Å². The molecule has 2 heterocycles. The van der Waals surface area contributed by atoms with Crippen LogP contribution in [0.2, 0.25) is 0 Å². The lowest BCUT2D eigenvalue weighted by Gasteiger charge is -2.37. The zero-order valence-corrected chi connectivity index (χ0v) is 11.9. The van der Waals surface area contributed by atoms with Crippen LogP contribution < -0.4 is 5.73 Å². The molecule has 1 amide bonds. The molecule has 0 aliphatic carbocycles. The normalized spacial score (nSPS) is 20.4. The summed E-state index contributed by atoms with van der Waals surface area (Å²) in [6.07, 6.45) is 1.72. The summed E-state index contributed by atoms with van der Waals surface area (Å²) in [6.45, 7) is 5.78. The van der Waals surface area contributed by atoms with Crippen LogP contribution in [0.3, 0.4) is 0 Å². The van der Waals surface area contributed by atoms with E-state index in [1.54, 1.807) is 0 Å². The maximum absolute atomic E-state index is 12.5. The Morgan fingerprint density at radius 2 is 2.20 bits per heavy atom. The molecular weight excluding hydrogens is 260 g/mol. The number of carbonyl (C=O) groups excluding carboxylic acids is 1. The fourth-order valence-electron chi connectivity index (χ4n) is 2.24. The highest BCUT2D eigenvalue weighted by molar-refractivity contribution is 5.88. The second-order valence-corrected chi connectivity index (χ2v) is 6.20. The number of fused-ring (bicyclic) bond motifs is 1. The highest BCUT2D eigenvalue weighted by Gasteiger charge is 2.40. The zero-order chi connectivity index (χ0) is 15.1. The molecule has 0 bridgehead atoms. The Morgan fingerprint density at radius 1 is 1.55 bits per heavy atom. The number of amides is 1. The number of aliphatic carboxylic acids is 1. The Hall–Kier alpha value is -1.89. The average molecular weight is 280 g/mol. The summed E-state index contributed by atoms with van der Waals surface area (Å²) >= 11 is 0. The Bertz CT molecular complexity index is 532. The lowest BCUT2D eigenvalue weighted by molar-refractivity contribution is -0.153. The van der Waals surface area contributed by atoms with E-state index in [0.717, 1.165) is 5.69 Å². The van der Waals surface area contributed by atoms with Gasteiger partial charge in [0, 0.05) is 6.42 Å². The first kappa shape index (κ1) is 14.5. The van der Waals surface area contributed by atoms with Gasteiger partial charge in [-0.25, -0.2) is 9.78 Å². The van der Waals surface area contributed by atoms with Gasteiger partial charge >= 0.3 is 5.97 Å². The number of hydrogen-bond donors (Lipinski definition) is 3. The van der Waals surface area contributed by atoms with Crippen molar-refractivity contribution in [3.63, 3.8) is 0 Å². The van der Waals surface area contributed by atoms with E-state index in [9.17, 15) is 14.7 Å². The van der Waals surface area contributed by atoms with E-state index in [-0.39, 0.29) is 18.9 Å². The number of carboxylic acids is 1. The Balaban J connectivity index is 2.29. The van der Waals surface area contributed by atoms with Gasteiger partial charge in [0.05, 0.1) is 30.3 Å². The van der Waals surface area contributed by atoms with E-state index in [1.165, 1.54) is 11.2 Å². The summed E-state index contributed by atoms with van der Waals surface area (Å²) in [5.41, 5.74) is 7.03. The number of nitrogens with zero attached hydrogens (tertiary/aromatic N) is 2. The molecule has 0 spiro atoms. The van der Waals surface area contributed by atoms with Gasteiger partial charge < -0.3 is 20.7 Å². The Morgan fingerprint density at radius 3 is 2.75 bits per heavy atom. The smallest absolute Gasteiger partial charge is 0.326 e. The predicted octanol–water partition coefficient (Wildman–Crippen LogP) is 0.121. The molecular formula is C13H20N4O3. The quantitative estimate of drug-likeness (QED) is 0.712. The monoisotopic (exact) mass is 280 g/mol. The minimum Gasteiger partial charge on any atom is -0.480 e. The van der Waals surface area contributed by atoms with Crippen LogP contribution in [0.15, 0.2) is 6.33 Å². The third-order valence-corrected chi connectivity index (χ3v) is 3.67. The largest absolute Gasteiger partial charge is 0.480 e. The van der Waals surface area contributed by atoms with Gasteiger partial charge in [-0.1, -0.05) is 20.8 Å². The second-order valence-electron chi connectivity index (χ2n) is 6.20. The van der Waals surface area contributed by atoms with E-state index in [2.05, 4.69) is 9.97 Å². The molecule has 0 fully saturated rings.